The molecule has 2 N–H and O–H groups in total. The Hall–Kier alpha value is -2.00. The molecule has 0 unspecified atom stereocenters. The van der Waals surface area contributed by atoms with E-state index in [1.165, 1.54) is 5.39 Å². The summed E-state index contributed by atoms with van der Waals surface area (Å²) in [6.45, 7) is 0.338. The molecule has 3 rings (SSSR count). The maximum Gasteiger partial charge on any atom is 0.143 e. The summed E-state index contributed by atoms with van der Waals surface area (Å²) in [6, 6.07) is 14.1. The SMILES string of the molecule is OCCOc1cccc2c1[nH]c1ccccc12. The minimum atomic E-state index is 0.0244. The zero-order valence-corrected chi connectivity index (χ0v) is 9.31. The molecule has 1 heterocycles. The third-order valence-corrected chi connectivity index (χ3v) is 2.85. The molecule has 0 spiro atoms. The van der Waals surface area contributed by atoms with Crippen LogP contribution < -0.4 is 4.74 Å². The van der Waals surface area contributed by atoms with E-state index in [9.17, 15) is 0 Å². The van der Waals surface area contributed by atoms with Crippen molar-refractivity contribution in [3.05, 3.63) is 42.5 Å². The summed E-state index contributed by atoms with van der Waals surface area (Å²) in [7, 11) is 0. The summed E-state index contributed by atoms with van der Waals surface area (Å²) in [4.78, 5) is 3.35. The van der Waals surface area contributed by atoms with Crippen molar-refractivity contribution in [1.29, 1.82) is 0 Å². The highest BCUT2D eigenvalue weighted by atomic mass is 16.5. The van der Waals surface area contributed by atoms with Gasteiger partial charge in [-0.2, -0.15) is 0 Å². The minimum absolute atomic E-state index is 0.0244. The number of aromatic amines is 1. The number of aliphatic hydroxyl groups excluding tert-OH is 1. The maximum absolute atomic E-state index is 8.80. The second-order valence-corrected chi connectivity index (χ2v) is 3.92. The zero-order valence-electron chi connectivity index (χ0n) is 9.31. The summed E-state index contributed by atoms with van der Waals surface area (Å²) in [5.41, 5.74) is 2.09. The topological polar surface area (TPSA) is 45.2 Å². The van der Waals surface area contributed by atoms with Crippen LogP contribution in [0.2, 0.25) is 0 Å². The predicted molar refractivity (Wildman–Crippen MR) is 68.4 cm³/mol. The molecule has 3 aromatic rings. The lowest BCUT2D eigenvalue weighted by Gasteiger charge is -2.04. The molecule has 17 heavy (non-hydrogen) atoms. The highest BCUT2D eigenvalue weighted by molar-refractivity contribution is 6.09. The van der Waals surface area contributed by atoms with Crippen molar-refractivity contribution in [2.24, 2.45) is 0 Å². The van der Waals surface area contributed by atoms with E-state index in [4.69, 9.17) is 9.84 Å². The van der Waals surface area contributed by atoms with Crippen molar-refractivity contribution >= 4 is 21.8 Å². The molecule has 0 radical (unpaired) electrons. The van der Waals surface area contributed by atoms with Gasteiger partial charge in [0.05, 0.1) is 12.1 Å². The number of ether oxygens (including phenoxy) is 1. The number of aliphatic hydroxyl groups is 1. The molecule has 0 amide bonds. The van der Waals surface area contributed by atoms with Crippen LogP contribution in [0, 0.1) is 0 Å². The number of para-hydroxylation sites is 2. The lowest BCUT2D eigenvalue weighted by molar-refractivity contribution is 0.202. The lowest BCUT2D eigenvalue weighted by atomic mass is 10.1. The Morgan fingerprint density at radius 3 is 2.71 bits per heavy atom. The molecule has 0 fully saturated rings. The molecule has 3 nitrogen and oxygen atoms in total. The van der Waals surface area contributed by atoms with E-state index in [2.05, 4.69) is 17.1 Å². The van der Waals surface area contributed by atoms with Gasteiger partial charge < -0.3 is 14.8 Å². The smallest absolute Gasteiger partial charge is 0.143 e. The van der Waals surface area contributed by atoms with Gasteiger partial charge in [0.15, 0.2) is 0 Å². The Bertz CT molecular complexity index is 657. The highest BCUT2D eigenvalue weighted by Crippen LogP contribution is 2.31. The van der Waals surface area contributed by atoms with Crippen LogP contribution in [-0.2, 0) is 0 Å². The van der Waals surface area contributed by atoms with Crippen molar-refractivity contribution in [2.75, 3.05) is 13.2 Å². The third-order valence-electron chi connectivity index (χ3n) is 2.85. The average molecular weight is 227 g/mol. The second kappa shape index (κ2) is 4.11. The molecule has 0 saturated heterocycles. The van der Waals surface area contributed by atoms with Gasteiger partial charge in [-0.3, -0.25) is 0 Å². The third kappa shape index (κ3) is 1.65. The quantitative estimate of drug-likeness (QED) is 0.722. The zero-order chi connectivity index (χ0) is 11.7. The largest absolute Gasteiger partial charge is 0.489 e. The Balaban J connectivity index is 2.24. The summed E-state index contributed by atoms with van der Waals surface area (Å²) in [5, 5.41) is 11.1. The van der Waals surface area contributed by atoms with Crippen molar-refractivity contribution in [3.63, 3.8) is 0 Å². The first-order valence-corrected chi connectivity index (χ1v) is 5.63. The van der Waals surface area contributed by atoms with E-state index < -0.39 is 0 Å². The van der Waals surface area contributed by atoms with Gasteiger partial charge in [-0.25, -0.2) is 0 Å². The van der Waals surface area contributed by atoms with Crippen LogP contribution in [0.25, 0.3) is 21.8 Å². The van der Waals surface area contributed by atoms with E-state index in [1.807, 2.05) is 30.3 Å². The molecular weight excluding hydrogens is 214 g/mol. The van der Waals surface area contributed by atoms with E-state index >= 15 is 0 Å². The van der Waals surface area contributed by atoms with Gasteiger partial charge in [-0.05, 0) is 12.1 Å². The number of rotatable bonds is 3. The van der Waals surface area contributed by atoms with E-state index in [0.717, 1.165) is 22.2 Å². The van der Waals surface area contributed by atoms with Crippen LogP contribution in [0.5, 0.6) is 5.75 Å². The molecule has 0 atom stereocenters. The van der Waals surface area contributed by atoms with Gasteiger partial charge in [0.2, 0.25) is 0 Å². The van der Waals surface area contributed by atoms with Crippen LogP contribution in [0.15, 0.2) is 42.5 Å². The lowest BCUT2D eigenvalue weighted by Crippen LogP contribution is -2.01. The fourth-order valence-corrected chi connectivity index (χ4v) is 2.12. The fourth-order valence-electron chi connectivity index (χ4n) is 2.12. The molecule has 86 valence electrons. The van der Waals surface area contributed by atoms with Crippen molar-refractivity contribution in [2.45, 2.75) is 0 Å². The summed E-state index contributed by atoms with van der Waals surface area (Å²) >= 11 is 0. The van der Waals surface area contributed by atoms with Gasteiger partial charge >= 0.3 is 0 Å². The Morgan fingerprint density at radius 1 is 1.00 bits per heavy atom. The number of H-pyrrole nitrogens is 1. The van der Waals surface area contributed by atoms with Gasteiger partial charge in [-0.1, -0.05) is 30.3 Å². The average Bonchev–Trinajstić information content (AvgIpc) is 2.75. The Kier molecular flexibility index (Phi) is 2.46. The van der Waals surface area contributed by atoms with Gasteiger partial charge in [0.25, 0.3) is 0 Å². The highest BCUT2D eigenvalue weighted by Gasteiger charge is 2.07. The summed E-state index contributed by atoms with van der Waals surface area (Å²) in [6.07, 6.45) is 0. The molecule has 0 aliphatic heterocycles. The van der Waals surface area contributed by atoms with Crippen LogP contribution in [0.3, 0.4) is 0 Å². The molecule has 0 aliphatic rings. The van der Waals surface area contributed by atoms with Crippen molar-refractivity contribution < 1.29 is 9.84 Å². The van der Waals surface area contributed by atoms with Crippen LogP contribution in [0.1, 0.15) is 0 Å². The molecule has 0 bridgehead atoms. The number of nitrogens with one attached hydrogen (secondary N) is 1. The first-order valence-electron chi connectivity index (χ1n) is 5.63. The van der Waals surface area contributed by atoms with Crippen molar-refractivity contribution in [3.8, 4) is 5.75 Å². The minimum Gasteiger partial charge on any atom is -0.489 e. The van der Waals surface area contributed by atoms with E-state index in [1.54, 1.807) is 0 Å². The fraction of sp³-hybridized carbons (Fsp3) is 0.143. The van der Waals surface area contributed by atoms with Crippen molar-refractivity contribution in [1.82, 2.24) is 4.98 Å². The van der Waals surface area contributed by atoms with E-state index in [0.29, 0.717) is 6.61 Å². The maximum atomic E-state index is 8.80. The number of aromatic nitrogens is 1. The van der Waals surface area contributed by atoms with Crippen LogP contribution in [0.4, 0.5) is 0 Å². The summed E-state index contributed by atoms with van der Waals surface area (Å²) in [5.74, 6) is 0.785. The van der Waals surface area contributed by atoms with Crippen LogP contribution in [-0.4, -0.2) is 23.3 Å². The first-order chi connectivity index (χ1) is 8.40. The normalized spacial score (nSPS) is 11.1. The van der Waals surface area contributed by atoms with E-state index in [-0.39, 0.29) is 6.61 Å². The van der Waals surface area contributed by atoms with Gasteiger partial charge in [0.1, 0.15) is 12.4 Å². The first kappa shape index (κ1) is 10.2. The molecule has 2 aromatic carbocycles. The second-order valence-electron chi connectivity index (χ2n) is 3.92. The molecule has 0 aliphatic carbocycles. The summed E-state index contributed by atoms with van der Waals surface area (Å²) < 4.78 is 5.52. The van der Waals surface area contributed by atoms with Crippen LogP contribution >= 0.6 is 0 Å². The monoisotopic (exact) mass is 227 g/mol. The van der Waals surface area contributed by atoms with Gasteiger partial charge in [0, 0.05) is 16.3 Å². The molecule has 1 aromatic heterocycles. The Morgan fingerprint density at radius 2 is 1.82 bits per heavy atom. The number of fused-ring (bicyclic) bond motifs is 3. The molecule has 0 saturated carbocycles. The Labute approximate surface area is 98.6 Å². The molecular formula is C14H13NO2. The number of benzene rings is 2. The predicted octanol–water partition coefficient (Wildman–Crippen LogP) is 2.69. The molecule has 3 heteroatoms. The standard InChI is InChI=1S/C14H13NO2/c16-8-9-17-13-7-3-5-11-10-4-1-2-6-12(10)15-14(11)13/h1-7,15-16H,8-9H2. The number of hydrogen-bond acceptors (Lipinski definition) is 2. The van der Waals surface area contributed by atoms with Gasteiger partial charge in [-0.15, -0.1) is 0 Å². The number of hydrogen-bond donors (Lipinski definition) is 2.